The molecule has 0 radical (unpaired) electrons. The van der Waals surface area contributed by atoms with Crippen molar-refractivity contribution in [2.45, 2.75) is 27.4 Å². The predicted molar refractivity (Wildman–Crippen MR) is 131 cm³/mol. The molecule has 34 heavy (non-hydrogen) atoms. The highest BCUT2D eigenvalue weighted by Crippen LogP contribution is 2.33. The number of benzene rings is 3. The zero-order chi connectivity index (χ0) is 24.2. The third-order valence-electron chi connectivity index (χ3n) is 5.50. The molecule has 174 valence electrons. The molecule has 1 aromatic heterocycles. The Bertz CT molecular complexity index is 1380. The number of methoxy groups -OCH3 is 1. The largest absolute Gasteiger partial charge is 0.497 e. The van der Waals surface area contributed by atoms with Gasteiger partial charge in [-0.2, -0.15) is 0 Å². The molecule has 0 atom stereocenters. The second-order valence-electron chi connectivity index (χ2n) is 7.98. The van der Waals surface area contributed by atoms with Crippen molar-refractivity contribution >= 4 is 16.9 Å². The van der Waals surface area contributed by atoms with Crippen molar-refractivity contribution in [3.8, 4) is 22.8 Å². The minimum absolute atomic E-state index is 0.132. The van der Waals surface area contributed by atoms with E-state index in [-0.39, 0.29) is 23.8 Å². The molecule has 0 aliphatic carbocycles. The van der Waals surface area contributed by atoms with E-state index in [1.807, 2.05) is 38.1 Å². The van der Waals surface area contributed by atoms with Gasteiger partial charge in [-0.05, 0) is 79.9 Å². The van der Waals surface area contributed by atoms with E-state index in [0.29, 0.717) is 40.2 Å². The Morgan fingerprint density at radius 1 is 0.971 bits per heavy atom. The Kier molecular flexibility index (Phi) is 6.68. The van der Waals surface area contributed by atoms with Crippen molar-refractivity contribution in [1.82, 2.24) is 0 Å². The van der Waals surface area contributed by atoms with Gasteiger partial charge in [0.2, 0.25) is 11.2 Å². The predicted octanol–water partition coefficient (Wildman–Crippen LogP) is 5.84. The molecular weight excluding hydrogens is 432 g/mol. The van der Waals surface area contributed by atoms with Crippen LogP contribution in [0.4, 0.5) is 0 Å². The molecule has 0 aliphatic rings. The van der Waals surface area contributed by atoms with Crippen LogP contribution in [0.3, 0.4) is 0 Å². The van der Waals surface area contributed by atoms with Gasteiger partial charge in [0.05, 0.1) is 24.7 Å². The lowest BCUT2D eigenvalue weighted by atomic mass is 10.0. The van der Waals surface area contributed by atoms with Crippen molar-refractivity contribution < 1.29 is 23.4 Å². The van der Waals surface area contributed by atoms with Crippen LogP contribution < -0.4 is 14.9 Å². The van der Waals surface area contributed by atoms with Crippen LogP contribution in [0, 0.1) is 13.8 Å². The third-order valence-corrected chi connectivity index (χ3v) is 5.50. The zero-order valence-corrected chi connectivity index (χ0v) is 19.6. The number of fused-ring (bicyclic) bond motifs is 1. The summed E-state index contributed by atoms with van der Waals surface area (Å²) in [4.78, 5) is 25.4. The average Bonchev–Trinajstić information content (AvgIpc) is 2.83. The van der Waals surface area contributed by atoms with Gasteiger partial charge in [0.1, 0.15) is 17.9 Å². The molecule has 0 spiro atoms. The van der Waals surface area contributed by atoms with Crippen molar-refractivity contribution in [3.05, 3.63) is 93.1 Å². The molecular formula is C28H26O6. The molecule has 3 aromatic carbocycles. The molecule has 0 N–H and O–H groups in total. The zero-order valence-electron chi connectivity index (χ0n) is 19.6. The first-order chi connectivity index (χ1) is 16.4. The molecule has 0 aliphatic heterocycles. The van der Waals surface area contributed by atoms with E-state index in [0.717, 1.165) is 16.7 Å². The second kappa shape index (κ2) is 9.83. The molecule has 0 bridgehead atoms. The fourth-order valence-corrected chi connectivity index (χ4v) is 3.84. The van der Waals surface area contributed by atoms with Gasteiger partial charge < -0.3 is 18.6 Å². The minimum Gasteiger partial charge on any atom is -0.497 e. The fourth-order valence-electron chi connectivity index (χ4n) is 3.84. The van der Waals surface area contributed by atoms with Crippen LogP contribution in [0.15, 0.2) is 69.9 Å². The number of hydrogen-bond acceptors (Lipinski definition) is 6. The van der Waals surface area contributed by atoms with Crippen LogP contribution in [0.5, 0.6) is 11.5 Å². The van der Waals surface area contributed by atoms with E-state index in [2.05, 4.69) is 0 Å². The van der Waals surface area contributed by atoms with Crippen LogP contribution in [-0.2, 0) is 11.3 Å². The summed E-state index contributed by atoms with van der Waals surface area (Å²) in [6, 6.07) is 18.0. The molecule has 4 rings (SSSR count). The van der Waals surface area contributed by atoms with E-state index >= 15 is 0 Å². The van der Waals surface area contributed by atoms with Crippen molar-refractivity contribution in [2.24, 2.45) is 0 Å². The summed E-state index contributed by atoms with van der Waals surface area (Å²) in [5.74, 6) is 0.813. The number of rotatable bonds is 7. The molecule has 0 unspecified atom stereocenters. The Morgan fingerprint density at radius 2 is 1.68 bits per heavy atom. The van der Waals surface area contributed by atoms with E-state index < -0.39 is 0 Å². The molecule has 0 saturated carbocycles. The Hall–Kier alpha value is -4.06. The summed E-state index contributed by atoms with van der Waals surface area (Å²) in [6.45, 7) is 6.06. The van der Waals surface area contributed by atoms with E-state index in [1.165, 1.54) is 0 Å². The van der Waals surface area contributed by atoms with Gasteiger partial charge in [0.15, 0.2) is 5.76 Å². The molecule has 0 saturated heterocycles. The van der Waals surface area contributed by atoms with Crippen molar-refractivity contribution in [3.63, 3.8) is 0 Å². The highest BCUT2D eigenvalue weighted by molar-refractivity contribution is 5.89. The van der Waals surface area contributed by atoms with Gasteiger partial charge in [-0.1, -0.05) is 18.2 Å². The monoisotopic (exact) mass is 458 g/mol. The van der Waals surface area contributed by atoms with Crippen LogP contribution in [0.1, 0.15) is 34.0 Å². The van der Waals surface area contributed by atoms with Crippen LogP contribution in [0.2, 0.25) is 0 Å². The molecule has 6 heteroatoms. The number of esters is 1. The first-order valence-electron chi connectivity index (χ1n) is 11.0. The van der Waals surface area contributed by atoms with Crippen LogP contribution >= 0.6 is 0 Å². The first kappa shape index (κ1) is 23.1. The Balaban J connectivity index is 1.74. The highest BCUT2D eigenvalue weighted by atomic mass is 16.5. The lowest BCUT2D eigenvalue weighted by Gasteiger charge is -2.14. The number of carbonyl (C=O) groups is 1. The highest BCUT2D eigenvalue weighted by Gasteiger charge is 2.20. The van der Waals surface area contributed by atoms with E-state index in [9.17, 15) is 9.59 Å². The molecule has 0 amide bonds. The number of ether oxygens (including phenoxy) is 3. The summed E-state index contributed by atoms with van der Waals surface area (Å²) in [5, 5.41) is 0.496. The fraction of sp³-hybridized carbons (Fsp3) is 0.214. The van der Waals surface area contributed by atoms with Crippen LogP contribution in [-0.4, -0.2) is 19.7 Å². The Labute approximate surface area is 197 Å². The minimum atomic E-state index is -0.377. The Morgan fingerprint density at radius 3 is 2.32 bits per heavy atom. The second-order valence-corrected chi connectivity index (χ2v) is 7.98. The summed E-state index contributed by atoms with van der Waals surface area (Å²) >= 11 is 0. The van der Waals surface area contributed by atoms with Crippen molar-refractivity contribution in [1.29, 1.82) is 0 Å². The summed E-state index contributed by atoms with van der Waals surface area (Å²) < 4.78 is 22.6. The molecule has 6 nitrogen and oxygen atoms in total. The van der Waals surface area contributed by atoms with Gasteiger partial charge in [-0.25, -0.2) is 4.79 Å². The first-order valence-corrected chi connectivity index (χ1v) is 11.0. The molecule has 1 heterocycles. The number of aryl methyl sites for hydroxylation is 2. The smallest absolute Gasteiger partial charge is 0.338 e. The summed E-state index contributed by atoms with van der Waals surface area (Å²) in [7, 11) is 1.60. The number of hydrogen-bond donors (Lipinski definition) is 0. The maximum Gasteiger partial charge on any atom is 0.338 e. The van der Waals surface area contributed by atoms with Gasteiger partial charge in [0.25, 0.3) is 0 Å². The van der Waals surface area contributed by atoms with Gasteiger partial charge >= 0.3 is 5.97 Å². The molecule has 4 aromatic rings. The summed E-state index contributed by atoms with van der Waals surface area (Å²) in [6.07, 6.45) is 0. The van der Waals surface area contributed by atoms with Gasteiger partial charge in [-0.3, -0.25) is 4.79 Å². The third kappa shape index (κ3) is 4.66. The quantitative estimate of drug-likeness (QED) is 0.324. The van der Waals surface area contributed by atoms with Crippen molar-refractivity contribution in [2.75, 3.05) is 13.7 Å². The number of carbonyl (C=O) groups excluding carboxylic acids is 1. The SMILES string of the molecule is CCOC(=O)c1ccc(COc2c(-c3ccc(OC)cc3)oc3cc(C)cc(C)c3c2=O)cc1. The topological polar surface area (TPSA) is 75.0 Å². The average molecular weight is 459 g/mol. The maximum atomic E-state index is 13.5. The maximum absolute atomic E-state index is 13.5. The lowest BCUT2D eigenvalue weighted by molar-refractivity contribution is 0.0526. The summed E-state index contributed by atoms with van der Waals surface area (Å²) in [5.41, 5.74) is 4.08. The van der Waals surface area contributed by atoms with Crippen LogP contribution in [0.25, 0.3) is 22.3 Å². The lowest BCUT2D eigenvalue weighted by Crippen LogP contribution is -2.11. The normalized spacial score (nSPS) is 10.8. The van der Waals surface area contributed by atoms with Gasteiger partial charge in [0, 0.05) is 5.56 Å². The molecule has 0 fully saturated rings. The standard InChI is InChI=1S/C28H26O6/c1-5-32-28(30)21-8-6-19(7-9-21)16-33-27-25(29)24-18(3)14-17(2)15-23(24)34-26(27)20-10-12-22(31-4)13-11-20/h6-15H,5,16H2,1-4H3. The van der Waals surface area contributed by atoms with E-state index in [4.69, 9.17) is 18.6 Å². The van der Waals surface area contributed by atoms with E-state index in [1.54, 1.807) is 50.4 Å². The van der Waals surface area contributed by atoms with Gasteiger partial charge in [-0.15, -0.1) is 0 Å².